The van der Waals surface area contributed by atoms with Gasteiger partial charge in [0.15, 0.2) is 18.2 Å². The van der Waals surface area contributed by atoms with E-state index in [1.165, 1.54) is 0 Å². The Hall–Kier alpha value is -2.36. The molecule has 6 nitrogen and oxygen atoms in total. The predicted octanol–water partition coefficient (Wildman–Crippen LogP) is 2.61. The lowest BCUT2D eigenvalue weighted by atomic mass is 10.3. The van der Waals surface area contributed by atoms with Gasteiger partial charge in [-0.25, -0.2) is 18.4 Å². The van der Waals surface area contributed by atoms with Crippen molar-refractivity contribution in [2.45, 2.75) is 19.8 Å². The van der Waals surface area contributed by atoms with Crippen LogP contribution in [-0.4, -0.2) is 25.3 Å². The van der Waals surface area contributed by atoms with E-state index in [9.17, 15) is 27.2 Å². The lowest BCUT2D eigenvalue weighted by Crippen LogP contribution is -2.29. The third kappa shape index (κ3) is 5.74. The van der Waals surface area contributed by atoms with Crippen molar-refractivity contribution in [3.63, 3.8) is 0 Å². The molecule has 0 aliphatic carbocycles. The molecule has 0 spiro atoms. The molecule has 0 atom stereocenters. The molecule has 1 aromatic carbocycles. The van der Waals surface area contributed by atoms with Gasteiger partial charge in [-0.05, 0) is 6.42 Å². The second kappa shape index (κ2) is 8.93. The summed E-state index contributed by atoms with van der Waals surface area (Å²) in [5.74, 6) is -10.1. The number of ether oxygens (including phenoxy) is 2. The molecule has 0 fully saturated rings. The van der Waals surface area contributed by atoms with Crippen LogP contribution in [0.3, 0.4) is 0 Å². The molecule has 0 unspecified atom stereocenters. The molecule has 0 saturated carbocycles. The van der Waals surface area contributed by atoms with Gasteiger partial charge in [-0.2, -0.15) is 14.3 Å². The van der Waals surface area contributed by atoms with Gasteiger partial charge in [0, 0.05) is 6.07 Å². The van der Waals surface area contributed by atoms with Crippen LogP contribution in [0, 0.1) is 23.3 Å². The zero-order chi connectivity index (χ0) is 17.4. The number of hydroxylamine groups is 1. The van der Waals surface area contributed by atoms with Gasteiger partial charge in [-0.3, -0.25) is 4.84 Å². The molecule has 0 bridgehead atoms. The van der Waals surface area contributed by atoms with E-state index in [0.29, 0.717) is 6.42 Å². The number of hydrogen-bond acceptors (Lipinski definition) is 5. The number of nitrogens with one attached hydrogen (secondary N) is 1. The van der Waals surface area contributed by atoms with E-state index < -0.39 is 47.7 Å². The number of rotatable bonds is 7. The summed E-state index contributed by atoms with van der Waals surface area (Å²) < 4.78 is 61.0. The Bertz CT molecular complexity index is 556. The van der Waals surface area contributed by atoms with E-state index in [2.05, 4.69) is 14.3 Å². The van der Waals surface area contributed by atoms with E-state index in [1.54, 1.807) is 5.48 Å². The number of carbonyl (C=O) groups is 2. The first-order valence-electron chi connectivity index (χ1n) is 6.45. The molecule has 0 aliphatic rings. The maximum absolute atomic E-state index is 13.2. The molecule has 10 heteroatoms. The van der Waals surface area contributed by atoms with Crippen molar-refractivity contribution < 1.29 is 41.5 Å². The summed E-state index contributed by atoms with van der Waals surface area (Å²) in [5.41, 5.74) is 1.71. The fourth-order valence-corrected chi connectivity index (χ4v) is 1.28. The van der Waals surface area contributed by atoms with Crippen molar-refractivity contribution in [1.82, 2.24) is 5.48 Å². The minimum atomic E-state index is -1.87. The monoisotopic (exact) mass is 339 g/mol. The Morgan fingerprint density at radius 2 is 1.74 bits per heavy atom. The summed E-state index contributed by atoms with van der Waals surface area (Å²) in [7, 11) is 0. The van der Waals surface area contributed by atoms with Crippen molar-refractivity contribution in [2.75, 3.05) is 13.2 Å². The number of benzene rings is 1. The second-order valence-corrected chi connectivity index (χ2v) is 4.15. The van der Waals surface area contributed by atoms with Crippen LogP contribution in [0.25, 0.3) is 0 Å². The largest absolute Gasteiger partial charge is 0.448 e. The van der Waals surface area contributed by atoms with Gasteiger partial charge in [0.2, 0.25) is 17.4 Å². The Morgan fingerprint density at radius 3 is 2.30 bits per heavy atom. The number of carbonyl (C=O) groups excluding carboxylic acids is 2. The fraction of sp³-hybridized carbons (Fsp3) is 0.385. The smallest absolute Gasteiger partial charge is 0.431 e. The molecule has 0 aromatic heterocycles. The van der Waals surface area contributed by atoms with Gasteiger partial charge in [-0.1, -0.05) is 13.3 Å². The molecular formula is C13H13F4NO5. The zero-order valence-electron chi connectivity index (χ0n) is 12.0. The summed E-state index contributed by atoms with van der Waals surface area (Å²) in [4.78, 5) is 26.7. The summed E-state index contributed by atoms with van der Waals surface area (Å²) in [6, 6.07) is -0.0354. The molecule has 0 saturated heterocycles. The second-order valence-electron chi connectivity index (χ2n) is 4.15. The van der Waals surface area contributed by atoms with Crippen LogP contribution in [0.5, 0.6) is 5.75 Å². The van der Waals surface area contributed by atoms with Crippen molar-refractivity contribution in [1.29, 1.82) is 0 Å². The topological polar surface area (TPSA) is 73.9 Å². The quantitative estimate of drug-likeness (QED) is 0.206. The van der Waals surface area contributed by atoms with Crippen molar-refractivity contribution in [3.8, 4) is 5.75 Å². The normalized spacial score (nSPS) is 10.3. The molecule has 1 amide bonds. The van der Waals surface area contributed by atoms with E-state index >= 15 is 0 Å². The Kier molecular flexibility index (Phi) is 7.26. The third-order valence-corrected chi connectivity index (χ3v) is 2.36. The highest BCUT2D eigenvalue weighted by Crippen LogP contribution is 2.26. The minimum absolute atomic E-state index is 0.0354. The van der Waals surface area contributed by atoms with Gasteiger partial charge < -0.3 is 9.47 Å². The minimum Gasteiger partial charge on any atom is -0.448 e. The SMILES string of the molecule is CCCCOC(=O)NOCC(=O)Oc1c(F)c(F)cc(F)c1F. The Morgan fingerprint density at radius 1 is 1.13 bits per heavy atom. The molecular weight excluding hydrogens is 326 g/mol. The fourth-order valence-electron chi connectivity index (χ4n) is 1.28. The molecule has 0 heterocycles. The predicted molar refractivity (Wildman–Crippen MR) is 67.3 cm³/mol. The van der Waals surface area contributed by atoms with Crippen molar-refractivity contribution in [2.24, 2.45) is 0 Å². The standard InChI is InChI=1S/C13H13F4NO5/c1-2-3-4-21-13(20)18-22-6-9(19)23-12-10(16)7(14)5-8(15)11(12)17/h5H,2-4,6H2,1H3,(H,18,20). The average Bonchev–Trinajstić information content (AvgIpc) is 2.50. The van der Waals surface area contributed by atoms with Crippen LogP contribution < -0.4 is 10.2 Å². The number of unbranched alkanes of at least 4 members (excludes halogenated alkanes) is 1. The van der Waals surface area contributed by atoms with Gasteiger partial charge in [0.25, 0.3) is 0 Å². The van der Waals surface area contributed by atoms with Crippen molar-refractivity contribution >= 4 is 12.1 Å². The molecule has 23 heavy (non-hydrogen) atoms. The van der Waals surface area contributed by atoms with Gasteiger partial charge in [0.1, 0.15) is 0 Å². The summed E-state index contributed by atoms with van der Waals surface area (Å²) in [6.07, 6.45) is 0.432. The Balaban J connectivity index is 2.48. The highest BCUT2D eigenvalue weighted by molar-refractivity contribution is 5.74. The van der Waals surface area contributed by atoms with Crippen LogP contribution >= 0.6 is 0 Å². The third-order valence-electron chi connectivity index (χ3n) is 2.36. The highest BCUT2D eigenvalue weighted by atomic mass is 19.2. The van der Waals surface area contributed by atoms with E-state index in [-0.39, 0.29) is 12.7 Å². The number of esters is 1. The van der Waals surface area contributed by atoms with Crippen molar-refractivity contribution in [3.05, 3.63) is 29.3 Å². The first kappa shape index (κ1) is 18.7. The van der Waals surface area contributed by atoms with Crippen LogP contribution in [0.1, 0.15) is 19.8 Å². The van der Waals surface area contributed by atoms with Crippen LogP contribution in [-0.2, 0) is 14.4 Å². The molecule has 1 aromatic rings. The van der Waals surface area contributed by atoms with E-state index in [0.717, 1.165) is 6.42 Å². The molecule has 128 valence electrons. The zero-order valence-corrected chi connectivity index (χ0v) is 12.0. The molecule has 0 radical (unpaired) electrons. The lowest BCUT2D eigenvalue weighted by Gasteiger charge is -2.09. The first-order chi connectivity index (χ1) is 10.9. The lowest BCUT2D eigenvalue weighted by molar-refractivity contribution is -0.142. The van der Waals surface area contributed by atoms with Crippen LogP contribution in [0.4, 0.5) is 22.4 Å². The van der Waals surface area contributed by atoms with Crippen LogP contribution in [0.15, 0.2) is 6.07 Å². The molecule has 1 N–H and O–H groups in total. The highest BCUT2D eigenvalue weighted by Gasteiger charge is 2.23. The summed E-state index contributed by atoms with van der Waals surface area (Å²) >= 11 is 0. The first-order valence-corrected chi connectivity index (χ1v) is 6.45. The maximum Gasteiger partial charge on any atom is 0.431 e. The van der Waals surface area contributed by atoms with E-state index in [4.69, 9.17) is 0 Å². The summed E-state index contributed by atoms with van der Waals surface area (Å²) in [6.45, 7) is 1.04. The van der Waals surface area contributed by atoms with E-state index in [1.807, 2.05) is 6.92 Å². The number of hydrogen-bond donors (Lipinski definition) is 1. The summed E-state index contributed by atoms with van der Waals surface area (Å²) in [5, 5.41) is 0. The number of amides is 1. The maximum atomic E-state index is 13.2. The Labute approximate surface area is 128 Å². The van der Waals surface area contributed by atoms with Gasteiger partial charge in [-0.15, -0.1) is 0 Å². The molecule has 1 rings (SSSR count). The van der Waals surface area contributed by atoms with Crippen LogP contribution in [0.2, 0.25) is 0 Å². The number of halogens is 4. The van der Waals surface area contributed by atoms with Gasteiger partial charge in [0.05, 0.1) is 6.61 Å². The molecule has 0 aliphatic heterocycles. The average molecular weight is 339 g/mol. The van der Waals surface area contributed by atoms with Gasteiger partial charge >= 0.3 is 12.1 Å².